The highest BCUT2D eigenvalue weighted by molar-refractivity contribution is 6.14. The van der Waals surface area contributed by atoms with Crippen molar-refractivity contribution in [2.75, 3.05) is 0 Å². The van der Waals surface area contributed by atoms with Crippen molar-refractivity contribution in [2.45, 2.75) is 13.8 Å². The van der Waals surface area contributed by atoms with Gasteiger partial charge in [-0.05, 0) is 90.7 Å². The number of hydrogen-bond donors (Lipinski definition) is 1. The number of benzene rings is 3. The van der Waals surface area contributed by atoms with E-state index in [0.717, 1.165) is 49.7 Å². The molecule has 0 aliphatic heterocycles. The van der Waals surface area contributed by atoms with Gasteiger partial charge in [0.25, 0.3) is 0 Å². The Morgan fingerprint density at radius 1 is 0.639 bits per heavy atom. The van der Waals surface area contributed by atoms with E-state index in [1.54, 1.807) is 6.20 Å². The van der Waals surface area contributed by atoms with Crippen molar-refractivity contribution in [3.05, 3.63) is 96.3 Å². The monoisotopic (exact) mass is 463 g/mol. The predicted molar refractivity (Wildman–Crippen MR) is 148 cm³/mol. The normalized spacial score (nSPS) is 12.2. The number of aryl methyl sites for hydroxylation is 2. The molecule has 0 saturated carbocycles. The minimum absolute atomic E-state index is 0.747. The minimum Gasteiger partial charge on any atom is -0.354 e. The van der Waals surface area contributed by atoms with Crippen LogP contribution in [0.1, 0.15) is 11.1 Å². The van der Waals surface area contributed by atoms with Crippen LogP contribution in [-0.4, -0.2) is 24.3 Å². The second kappa shape index (κ2) is 6.89. The molecule has 5 heterocycles. The third kappa shape index (κ3) is 2.52. The van der Waals surface area contributed by atoms with Crippen molar-refractivity contribution < 1.29 is 0 Å². The van der Waals surface area contributed by atoms with Gasteiger partial charge >= 0.3 is 0 Å². The molecule has 0 spiro atoms. The number of aromatic amines is 1. The van der Waals surface area contributed by atoms with Crippen molar-refractivity contribution in [3.63, 3.8) is 0 Å². The first kappa shape index (κ1) is 19.5. The van der Waals surface area contributed by atoms with E-state index in [1.165, 1.54) is 33.0 Å². The number of imidazole rings is 1. The number of nitrogens with zero attached hydrogens (tertiary/aromatic N) is 4. The van der Waals surface area contributed by atoms with Crippen molar-refractivity contribution in [1.29, 1.82) is 0 Å². The van der Waals surface area contributed by atoms with E-state index >= 15 is 0 Å². The molecule has 5 heteroatoms. The van der Waals surface area contributed by atoms with Gasteiger partial charge in [0.15, 0.2) is 5.65 Å². The maximum atomic E-state index is 4.94. The Hall–Kier alpha value is -4.77. The molecule has 0 saturated heterocycles. The SMILES string of the molecule is Cc1cc2c(cc1-c1cc3c(cc1C)c1nc4ncccc4n1c1cccnc31)[nH]c1ccccc12. The van der Waals surface area contributed by atoms with Crippen LogP contribution in [0.15, 0.2) is 85.2 Å². The lowest BCUT2D eigenvalue weighted by atomic mass is 9.92. The first-order valence-electron chi connectivity index (χ1n) is 12.1. The van der Waals surface area contributed by atoms with Crippen molar-refractivity contribution in [2.24, 2.45) is 0 Å². The lowest BCUT2D eigenvalue weighted by Crippen LogP contribution is -1.95. The Morgan fingerprint density at radius 3 is 2.28 bits per heavy atom. The highest BCUT2D eigenvalue weighted by atomic mass is 15.1. The Balaban J connectivity index is 1.49. The molecule has 0 bridgehead atoms. The second-order valence-corrected chi connectivity index (χ2v) is 9.58. The topological polar surface area (TPSA) is 58.9 Å². The molecule has 0 fully saturated rings. The molecule has 5 aromatic heterocycles. The Labute approximate surface area is 206 Å². The molecule has 0 aliphatic carbocycles. The van der Waals surface area contributed by atoms with Crippen LogP contribution in [0.4, 0.5) is 0 Å². The first-order chi connectivity index (χ1) is 17.7. The highest BCUT2D eigenvalue weighted by Crippen LogP contribution is 2.38. The van der Waals surface area contributed by atoms with E-state index in [9.17, 15) is 0 Å². The molecule has 0 amide bonds. The van der Waals surface area contributed by atoms with E-state index in [2.05, 4.69) is 88.9 Å². The third-order valence-electron chi connectivity index (χ3n) is 7.46. The van der Waals surface area contributed by atoms with Gasteiger partial charge in [0.2, 0.25) is 0 Å². The van der Waals surface area contributed by atoms with E-state index in [-0.39, 0.29) is 0 Å². The quantitative estimate of drug-likeness (QED) is 0.256. The summed E-state index contributed by atoms with van der Waals surface area (Å²) in [6.45, 7) is 4.39. The summed E-state index contributed by atoms with van der Waals surface area (Å²) in [7, 11) is 0. The summed E-state index contributed by atoms with van der Waals surface area (Å²) < 4.78 is 2.19. The fraction of sp³-hybridized carbons (Fsp3) is 0.0645. The summed E-state index contributed by atoms with van der Waals surface area (Å²) in [4.78, 5) is 17.9. The van der Waals surface area contributed by atoms with Gasteiger partial charge in [0.1, 0.15) is 5.65 Å². The fourth-order valence-corrected chi connectivity index (χ4v) is 5.80. The van der Waals surface area contributed by atoms with Gasteiger partial charge in [-0.25, -0.2) is 9.97 Å². The summed E-state index contributed by atoms with van der Waals surface area (Å²) in [6, 6.07) is 25.8. The third-order valence-corrected chi connectivity index (χ3v) is 7.46. The van der Waals surface area contributed by atoms with Crippen LogP contribution in [0.5, 0.6) is 0 Å². The standard InChI is InChI=1S/C31H21N5/c1-17-13-22-19-7-3-4-8-25(19)34-26(22)16-21(17)20-15-23-24(14-18(20)2)31-35-30-28(10-6-12-33-30)36(31)27-9-5-11-32-29(23)27/h3-16,34H,1-2H3. The van der Waals surface area contributed by atoms with Gasteiger partial charge in [0, 0.05) is 45.0 Å². The van der Waals surface area contributed by atoms with Crippen LogP contribution < -0.4 is 0 Å². The van der Waals surface area contributed by atoms with E-state index in [4.69, 9.17) is 9.97 Å². The molecule has 0 radical (unpaired) electrons. The van der Waals surface area contributed by atoms with Gasteiger partial charge in [-0.15, -0.1) is 0 Å². The maximum absolute atomic E-state index is 4.94. The van der Waals surface area contributed by atoms with Crippen LogP contribution in [0.25, 0.3) is 71.5 Å². The number of nitrogens with one attached hydrogen (secondary N) is 1. The molecule has 0 atom stereocenters. The summed E-state index contributed by atoms with van der Waals surface area (Å²) in [6.07, 6.45) is 3.66. The van der Waals surface area contributed by atoms with Gasteiger partial charge in [-0.2, -0.15) is 0 Å². The number of pyridine rings is 3. The largest absolute Gasteiger partial charge is 0.354 e. The number of rotatable bonds is 1. The molecule has 5 nitrogen and oxygen atoms in total. The van der Waals surface area contributed by atoms with Crippen LogP contribution in [0.3, 0.4) is 0 Å². The summed E-state index contributed by atoms with van der Waals surface area (Å²) in [5.41, 5.74) is 11.9. The Kier molecular flexibility index (Phi) is 3.74. The van der Waals surface area contributed by atoms with Crippen LogP contribution >= 0.6 is 0 Å². The fourth-order valence-electron chi connectivity index (χ4n) is 5.80. The molecule has 0 unspecified atom stereocenters. The molecule has 36 heavy (non-hydrogen) atoms. The highest BCUT2D eigenvalue weighted by Gasteiger charge is 2.18. The number of para-hydroxylation sites is 1. The number of H-pyrrole nitrogens is 1. The zero-order valence-corrected chi connectivity index (χ0v) is 19.9. The molecule has 8 aromatic rings. The van der Waals surface area contributed by atoms with E-state index in [1.807, 2.05) is 18.3 Å². The summed E-state index contributed by atoms with van der Waals surface area (Å²) >= 11 is 0. The lowest BCUT2D eigenvalue weighted by molar-refractivity contribution is 1.28. The van der Waals surface area contributed by atoms with Gasteiger partial charge in [-0.3, -0.25) is 9.38 Å². The summed E-state index contributed by atoms with van der Waals surface area (Å²) in [5.74, 6) is 0. The number of aromatic nitrogens is 5. The lowest BCUT2D eigenvalue weighted by Gasteiger charge is -2.14. The van der Waals surface area contributed by atoms with Crippen LogP contribution in [0, 0.1) is 13.8 Å². The average molecular weight is 464 g/mol. The molecular formula is C31H21N5. The van der Waals surface area contributed by atoms with Gasteiger partial charge < -0.3 is 4.98 Å². The Morgan fingerprint density at radius 2 is 1.39 bits per heavy atom. The molecule has 1 N–H and O–H groups in total. The molecule has 3 aromatic carbocycles. The number of fused-ring (bicyclic) bond motifs is 11. The molecular weight excluding hydrogens is 442 g/mol. The molecule has 8 rings (SSSR count). The average Bonchev–Trinajstić information content (AvgIpc) is 3.47. The predicted octanol–water partition coefficient (Wildman–Crippen LogP) is 7.50. The minimum atomic E-state index is 0.747. The zero-order valence-electron chi connectivity index (χ0n) is 19.9. The van der Waals surface area contributed by atoms with E-state index < -0.39 is 0 Å². The van der Waals surface area contributed by atoms with Crippen LogP contribution in [0.2, 0.25) is 0 Å². The van der Waals surface area contributed by atoms with Crippen LogP contribution in [-0.2, 0) is 0 Å². The van der Waals surface area contributed by atoms with Crippen molar-refractivity contribution in [1.82, 2.24) is 24.3 Å². The van der Waals surface area contributed by atoms with Gasteiger partial charge in [0.05, 0.1) is 16.6 Å². The molecule has 170 valence electrons. The van der Waals surface area contributed by atoms with Gasteiger partial charge in [-0.1, -0.05) is 18.2 Å². The smallest absolute Gasteiger partial charge is 0.178 e. The number of hydrogen-bond acceptors (Lipinski definition) is 3. The second-order valence-electron chi connectivity index (χ2n) is 9.58. The zero-order chi connectivity index (χ0) is 24.0. The Bertz CT molecular complexity index is 2180. The van der Waals surface area contributed by atoms with E-state index in [0.29, 0.717) is 0 Å². The van der Waals surface area contributed by atoms with Crippen molar-refractivity contribution in [3.8, 4) is 11.1 Å². The molecule has 0 aliphatic rings. The maximum Gasteiger partial charge on any atom is 0.178 e. The summed E-state index contributed by atoms with van der Waals surface area (Å²) in [5, 5.41) is 4.71. The first-order valence-corrected chi connectivity index (χ1v) is 12.1. The van der Waals surface area contributed by atoms with Crippen molar-refractivity contribution >= 4 is 60.4 Å².